The van der Waals surface area contributed by atoms with Gasteiger partial charge in [-0.15, -0.1) is 0 Å². The predicted molar refractivity (Wildman–Crippen MR) is 79.4 cm³/mol. The molecule has 0 aromatic carbocycles. The number of aliphatic hydroxyl groups is 1. The van der Waals surface area contributed by atoms with Crippen LogP contribution >= 0.6 is 11.6 Å². The molecule has 0 spiro atoms. The number of amides is 1. The number of hydrogen-bond acceptors (Lipinski definition) is 5. The van der Waals surface area contributed by atoms with Crippen LogP contribution in [0.2, 0.25) is 5.15 Å². The van der Waals surface area contributed by atoms with Gasteiger partial charge in [0.2, 0.25) is 0 Å². The molecule has 0 fully saturated rings. The van der Waals surface area contributed by atoms with E-state index in [9.17, 15) is 9.90 Å². The van der Waals surface area contributed by atoms with Crippen LogP contribution in [0.3, 0.4) is 0 Å². The zero-order valence-electron chi connectivity index (χ0n) is 11.7. The monoisotopic (exact) mass is 309 g/mol. The third-order valence-electron chi connectivity index (χ3n) is 2.96. The van der Waals surface area contributed by atoms with Crippen molar-refractivity contribution in [2.75, 3.05) is 18.9 Å². The van der Waals surface area contributed by atoms with Gasteiger partial charge in [0.25, 0.3) is 5.91 Å². The van der Waals surface area contributed by atoms with Gasteiger partial charge in [-0.1, -0.05) is 11.6 Å². The fraction of sp³-hybridized carbons (Fsp3) is 0.286. The molecule has 0 aliphatic carbocycles. The molecule has 2 aromatic heterocycles. The van der Waals surface area contributed by atoms with Gasteiger partial charge in [0.15, 0.2) is 0 Å². The van der Waals surface area contributed by atoms with Gasteiger partial charge in [0.1, 0.15) is 22.3 Å². The second-order valence-corrected chi connectivity index (χ2v) is 5.13. The average Bonchev–Trinajstić information content (AvgIpc) is 2.99. The van der Waals surface area contributed by atoms with E-state index in [-0.39, 0.29) is 17.6 Å². The average molecular weight is 310 g/mol. The first-order valence-electron chi connectivity index (χ1n) is 6.32. The molecule has 0 saturated heterocycles. The summed E-state index contributed by atoms with van der Waals surface area (Å²) in [6.07, 6.45) is 1.47. The summed E-state index contributed by atoms with van der Waals surface area (Å²) < 4.78 is 5.15. The van der Waals surface area contributed by atoms with Crippen molar-refractivity contribution in [3.05, 3.63) is 47.0 Å². The number of anilines is 1. The maximum Gasteiger partial charge on any atom is 0.251 e. The Kier molecular flexibility index (Phi) is 4.50. The molecule has 3 N–H and O–H groups in total. The number of hydrogen-bond donors (Lipinski definition) is 3. The second kappa shape index (κ2) is 6.15. The van der Waals surface area contributed by atoms with E-state index in [1.165, 1.54) is 12.3 Å². The molecule has 7 heteroatoms. The van der Waals surface area contributed by atoms with Crippen LogP contribution in [0, 0.1) is 0 Å². The minimum atomic E-state index is -1.29. The SMILES string of the molecule is CNc1cc(C(=O)NCC(C)(O)c2ccco2)cc(Cl)n1. The Morgan fingerprint density at radius 2 is 2.29 bits per heavy atom. The molecule has 1 atom stereocenters. The van der Waals surface area contributed by atoms with Gasteiger partial charge in [0.05, 0.1) is 12.8 Å². The van der Waals surface area contributed by atoms with Crippen LogP contribution in [0.4, 0.5) is 5.82 Å². The van der Waals surface area contributed by atoms with Crippen molar-refractivity contribution in [2.24, 2.45) is 0 Å². The highest BCUT2D eigenvalue weighted by molar-refractivity contribution is 6.29. The highest BCUT2D eigenvalue weighted by Crippen LogP contribution is 2.20. The molecule has 2 rings (SSSR count). The van der Waals surface area contributed by atoms with Gasteiger partial charge in [-0.25, -0.2) is 4.98 Å². The van der Waals surface area contributed by atoms with Gasteiger partial charge < -0.3 is 20.2 Å². The molecule has 2 heterocycles. The van der Waals surface area contributed by atoms with Gasteiger partial charge in [-0.05, 0) is 31.2 Å². The minimum Gasteiger partial charge on any atom is -0.466 e. The molecule has 1 amide bonds. The Hall–Kier alpha value is -2.05. The maximum atomic E-state index is 12.1. The summed E-state index contributed by atoms with van der Waals surface area (Å²) in [5.41, 5.74) is -0.934. The third kappa shape index (κ3) is 3.74. The van der Waals surface area contributed by atoms with Gasteiger partial charge in [-0.3, -0.25) is 4.79 Å². The summed E-state index contributed by atoms with van der Waals surface area (Å²) in [4.78, 5) is 16.1. The number of carbonyl (C=O) groups excluding carboxylic acids is 1. The van der Waals surface area contributed by atoms with Crippen molar-refractivity contribution in [3.63, 3.8) is 0 Å². The van der Waals surface area contributed by atoms with E-state index in [2.05, 4.69) is 15.6 Å². The lowest BCUT2D eigenvalue weighted by atomic mass is 10.0. The Morgan fingerprint density at radius 3 is 2.90 bits per heavy atom. The smallest absolute Gasteiger partial charge is 0.251 e. The summed E-state index contributed by atoms with van der Waals surface area (Å²) in [5.74, 6) is 0.513. The minimum absolute atomic E-state index is 0.00811. The standard InChI is InChI=1S/C14H16ClN3O3/c1-14(20,10-4-3-5-21-10)8-17-13(19)9-6-11(15)18-12(7-9)16-2/h3-7,20H,8H2,1-2H3,(H,16,18)(H,17,19). The summed E-state index contributed by atoms with van der Waals surface area (Å²) >= 11 is 5.85. The second-order valence-electron chi connectivity index (χ2n) is 4.75. The molecule has 2 aromatic rings. The molecule has 0 radical (unpaired) electrons. The van der Waals surface area contributed by atoms with E-state index in [0.29, 0.717) is 17.1 Å². The first-order chi connectivity index (χ1) is 9.92. The van der Waals surface area contributed by atoms with Gasteiger partial charge in [0, 0.05) is 12.6 Å². The normalized spacial score (nSPS) is 13.5. The quantitative estimate of drug-likeness (QED) is 0.735. The number of pyridine rings is 1. The van der Waals surface area contributed by atoms with Crippen LogP contribution in [-0.2, 0) is 5.60 Å². The van der Waals surface area contributed by atoms with E-state index < -0.39 is 5.60 Å². The van der Waals surface area contributed by atoms with Crippen molar-refractivity contribution < 1.29 is 14.3 Å². The van der Waals surface area contributed by atoms with Crippen LogP contribution in [0.1, 0.15) is 23.0 Å². The van der Waals surface area contributed by atoms with Crippen molar-refractivity contribution in [2.45, 2.75) is 12.5 Å². The molecule has 0 aliphatic rings. The number of halogens is 1. The summed E-state index contributed by atoms with van der Waals surface area (Å²) in [5, 5.41) is 15.9. The fourth-order valence-electron chi connectivity index (χ4n) is 1.78. The molecular weight excluding hydrogens is 294 g/mol. The molecule has 0 bridgehead atoms. The van der Waals surface area contributed by atoms with E-state index in [1.54, 1.807) is 32.2 Å². The Bertz CT molecular complexity index is 626. The Balaban J connectivity index is 2.07. The van der Waals surface area contributed by atoms with Crippen LogP contribution < -0.4 is 10.6 Å². The lowest BCUT2D eigenvalue weighted by molar-refractivity contribution is 0.0330. The highest BCUT2D eigenvalue weighted by Gasteiger charge is 2.27. The molecule has 112 valence electrons. The van der Waals surface area contributed by atoms with Crippen LogP contribution in [0.15, 0.2) is 34.9 Å². The van der Waals surface area contributed by atoms with Crippen molar-refractivity contribution >= 4 is 23.3 Å². The zero-order chi connectivity index (χ0) is 15.5. The molecule has 6 nitrogen and oxygen atoms in total. The Labute approximate surface area is 127 Å². The molecule has 21 heavy (non-hydrogen) atoms. The molecular formula is C14H16ClN3O3. The van der Waals surface area contributed by atoms with Gasteiger partial charge >= 0.3 is 0 Å². The van der Waals surface area contributed by atoms with E-state index in [1.807, 2.05) is 0 Å². The topological polar surface area (TPSA) is 87.4 Å². The molecule has 1 unspecified atom stereocenters. The maximum absolute atomic E-state index is 12.1. The van der Waals surface area contributed by atoms with E-state index in [4.69, 9.17) is 16.0 Å². The number of nitrogens with one attached hydrogen (secondary N) is 2. The molecule has 0 aliphatic heterocycles. The van der Waals surface area contributed by atoms with Crippen LogP contribution in [0.25, 0.3) is 0 Å². The lowest BCUT2D eigenvalue weighted by Gasteiger charge is -2.21. The van der Waals surface area contributed by atoms with E-state index >= 15 is 0 Å². The number of carbonyl (C=O) groups is 1. The van der Waals surface area contributed by atoms with Gasteiger partial charge in [-0.2, -0.15) is 0 Å². The predicted octanol–water partition coefficient (Wildman–Crippen LogP) is 2.01. The third-order valence-corrected chi connectivity index (χ3v) is 3.15. The fourth-order valence-corrected chi connectivity index (χ4v) is 1.99. The van der Waals surface area contributed by atoms with E-state index in [0.717, 1.165) is 0 Å². The van der Waals surface area contributed by atoms with Crippen molar-refractivity contribution in [3.8, 4) is 0 Å². The zero-order valence-corrected chi connectivity index (χ0v) is 12.4. The van der Waals surface area contributed by atoms with Crippen LogP contribution in [0.5, 0.6) is 0 Å². The molecule has 0 saturated carbocycles. The van der Waals surface area contributed by atoms with Crippen molar-refractivity contribution in [1.29, 1.82) is 0 Å². The summed E-state index contributed by atoms with van der Waals surface area (Å²) in [6.45, 7) is 1.57. The highest BCUT2D eigenvalue weighted by atomic mass is 35.5. The first kappa shape index (κ1) is 15.3. The number of aromatic nitrogens is 1. The summed E-state index contributed by atoms with van der Waals surface area (Å²) in [7, 11) is 1.68. The number of rotatable bonds is 5. The largest absolute Gasteiger partial charge is 0.466 e. The van der Waals surface area contributed by atoms with Crippen LogP contribution in [-0.4, -0.2) is 29.6 Å². The number of furan rings is 1. The van der Waals surface area contributed by atoms with Crippen molar-refractivity contribution in [1.82, 2.24) is 10.3 Å². The lowest BCUT2D eigenvalue weighted by Crippen LogP contribution is -2.38. The first-order valence-corrected chi connectivity index (χ1v) is 6.70. The number of nitrogens with zero attached hydrogens (tertiary/aromatic N) is 1. The summed E-state index contributed by atoms with van der Waals surface area (Å²) in [6, 6.07) is 6.35. The Morgan fingerprint density at radius 1 is 1.52 bits per heavy atom.